The van der Waals surface area contributed by atoms with Gasteiger partial charge in [-0.1, -0.05) is 0 Å². The highest BCUT2D eigenvalue weighted by Crippen LogP contribution is 2.49. The Bertz CT molecular complexity index is 415. The van der Waals surface area contributed by atoms with E-state index in [0.717, 1.165) is 0 Å². The predicted octanol–water partition coefficient (Wildman–Crippen LogP) is 3.88. The van der Waals surface area contributed by atoms with Crippen LogP contribution in [0.1, 0.15) is 0 Å². The molecule has 176 valence electrons. The summed E-state index contributed by atoms with van der Waals surface area (Å²) in [5, 5.41) is 0. The fraction of sp³-hybridized carbons (Fsp3) is 1.00. The Hall–Kier alpha value is -0.640. The van der Waals surface area contributed by atoms with Crippen LogP contribution in [0.2, 0.25) is 0 Å². The Morgan fingerprint density at radius 1 is 0.483 bits per heavy atom. The van der Waals surface area contributed by atoms with Crippen molar-refractivity contribution in [2.24, 2.45) is 0 Å². The quantitative estimate of drug-likeness (QED) is 0.202. The Morgan fingerprint density at radius 2 is 0.724 bits per heavy atom. The van der Waals surface area contributed by atoms with Crippen LogP contribution in [0.3, 0.4) is 0 Å². The molecule has 0 N–H and O–H groups in total. The molecule has 0 aromatic heterocycles. The fourth-order valence-electron chi connectivity index (χ4n) is 1.30. The van der Waals surface area contributed by atoms with Crippen LogP contribution in [0.5, 0.6) is 0 Å². The second-order valence-electron chi connectivity index (χ2n) is 4.95. The van der Waals surface area contributed by atoms with Gasteiger partial charge in [-0.2, -0.15) is 39.5 Å². The molecule has 0 saturated carbocycles. The maximum absolute atomic E-state index is 12.2. The van der Waals surface area contributed by atoms with Crippen LogP contribution in [0, 0.1) is 0 Å². The van der Waals surface area contributed by atoms with Crippen LogP contribution in [0.4, 0.5) is 39.5 Å². The van der Waals surface area contributed by atoms with Crippen molar-refractivity contribution in [3.63, 3.8) is 0 Å². The number of phosphoric acid groups is 1. The second kappa shape index (κ2) is 12.9. The molecule has 0 radical (unpaired) electrons. The van der Waals surface area contributed by atoms with Crippen LogP contribution in [-0.2, 0) is 32.3 Å². The molecule has 0 atom stereocenters. The SMILES string of the molecule is O=P(OCCOCC(F)(F)F)(OCCOCC(F)(F)F)OCCOCC(F)(F)F. The van der Waals surface area contributed by atoms with Gasteiger partial charge < -0.3 is 14.2 Å². The van der Waals surface area contributed by atoms with E-state index in [-0.39, 0.29) is 0 Å². The molecule has 7 nitrogen and oxygen atoms in total. The standard InChI is InChI=1S/C12H18F9O7P/c13-10(14,15)7-23-1-4-26-29(22,27-5-2-24-8-11(16,17)18)28-6-3-25-9-12(19,20)21/h1-9H2. The number of alkyl halides is 9. The highest BCUT2D eigenvalue weighted by atomic mass is 31.2. The average molecular weight is 476 g/mol. The molecule has 17 heteroatoms. The van der Waals surface area contributed by atoms with Crippen LogP contribution >= 0.6 is 7.82 Å². The first kappa shape index (κ1) is 28.4. The highest BCUT2D eigenvalue weighted by Gasteiger charge is 2.31. The van der Waals surface area contributed by atoms with Gasteiger partial charge in [0.2, 0.25) is 0 Å². The van der Waals surface area contributed by atoms with E-state index in [2.05, 4.69) is 27.8 Å². The molecule has 0 unspecified atom stereocenters. The summed E-state index contributed by atoms with van der Waals surface area (Å²) in [6.07, 6.45) is -13.9. The smallest absolute Gasteiger partial charge is 0.370 e. The summed E-state index contributed by atoms with van der Waals surface area (Å²) in [4.78, 5) is 0. The summed E-state index contributed by atoms with van der Waals surface area (Å²) in [6.45, 7) is -9.19. The van der Waals surface area contributed by atoms with E-state index in [1.165, 1.54) is 0 Å². The first-order valence-corrected chi connectivity index (χ1v) is 9.05. The van der Waals surface area contributed by atoms with Gasteiger partial charge in [-0.05, 0) is 0 Å². The van der Waals surface area contributed by atoms with E-state index in [1.54, 1.807) is 0 Å². The van der Waals surface area contributed by atoms with Crippen molar-refractivity contribution >= 4 is 7.82 Å². The van der Waals surface area contributed by atoms with Gasteiger partial charge in [-0.3, -0.25) is 13.6 Å². The minimum atomic E-state index is -4.62. The lowest BCUT2D eigenvalue weighted by Gasteiger charge is -2.18. The molecule has 0 aromatic carbocycles. The Kier molecular flexibility index (Phi) is 12.6. The number of phosphoric ester groups is 1. The summed E-state index contributed by atoms with van der Waals surface area (Å²) >= 11 is 0. The molecule has 0 rings (SSSR count). The summed E-state index contributed by atoms with van der Waals surface area (Å²) in [5.74, 6) is 0. The third-order valence-electron chi connectivity index (χ3n) is 2.23. The third kappa shape index (κ3) is 20.4. The van der Waals surface area contributed by atoms with Crippen molar-refractivity contribution in [1.82, 2.24) is 0 Å². The molecule has 0 aliphatic heterocycles. The largest absolute Gasteiger partial charge is 0.475 e. The number of halogens is 9. The number of hydrogen-bond donors (Lipinski definition) is 0. The molecule has 0 amide bonds. The van der Waals surface area contributed by atoms with Crippen molar-refractivity contribution in [1.29, 1.82) is 0 Å². The fourth-order valence-corrected chi connectivity index (χ4v) is 2.42. The zero-order valence-electron chi connectivity index (χ0n) is 14.6. The lowest BCUT2D eigenvalue weighted by atomic mass is 10.7. The van der Waals surface area contributed by atoms with E-state index in [9.17, 15) is 44.1 Å². The van der Waals surface area contributed by atoms with Gasteiger partial charge in [0, 0.05) is 0 Å². The van der Waals surface area contributed by atoms with E-state index >= 15 is 0 Å². The molecule has 0 saturated heterocycles. The topological polar surface area (TPSA) is 72.5 Å². The molecule has 0 spiro atoms. The maximum Gasteiger partial charge on any atom is 0.475 e. The molecular weight excluding hydrogens is 458 g/mol. The minimum absolute atomic E-state index is 0.703. The van der Waals surface area contributed by atoms with Crippen molar-refractivity contribution < 1.29 is 71.9 Å². The Morgan fingerprint density at radius 3 is 0.931 bits per heavy atom. The van der Waals surface area contributed by atoms with Crippen LogP contribution in [0.15, 0.2) is 0 Å². The Labute approximate surface area is 158 Å². The van der Waals surface area contributed by atoms with Crippen molar-refractivity contribution in [3.05, 3.63) is 0 Å². The average Bonchev–Trinajstić information content (AvgIpc) is 2.50. The molecule has 0 bridgehead atoms. The molecule has 0 aromatic rings. The van der Waals surface area contributed by atoms with E-state index in [1.807, 2.05) is 0 Å². The van der Waals surface area contributed by atoms with Crippen molar-refractivity contribution in [2.45, 2.75) is 18.5 Å². The first-order valence-electron chi connectivity index (χ1n) is 7.59. The van der Waals surface area contributed by atoms with Crippen molar-refractivity contribution in [2.75, 3.05) is 59.5 Å². The zero-order chi connectivity index (χ0) is 22.6. The van der Waals surface area contributed by atoms with E-state index in [4.69, 9.17) is 0 Å². The van der Waals surface area contributed by atoms with Crippen LogP contribution < -0.4 is 0 Å². The van der Waals surface area contributed by atoms with Crippen molar-refractivity contribution in [3.8, 4) is 0 Å². The lowest BCUT2D eigenvalue weighted by molar-refractivity contribution is -0.175. The molecule has 0 aliphatic carbocycles. The first-order chi connectivity index (χ1) is 13.1. The summed E-state index contributed by atoms with van der Waals surface area (Å²) in [5.41, 5.74) is 0. The lowest BCUT2D eigenvalue weighted by Crippen LogP contribution is -2.20. The summed E-state index contributed by atoms with van der Waals surface area (Å²) in [6, 6.07) is 0. The molecule has 0 fully saturated rings. The van der Waals surface area contributed by atoms with Gasteiger partial charge in [0.1, 0.15) is 19.8 Å². The van der Waals surface area contributed by atoms with Gasteiger partial charge in [0.25, 0.3) is 0 Å². The highest BCUT2D eigenvalue weighted by molar-refractivity contribution is 7.48. The zero-order valence-corrected chi connectivity index (χ0v) is 15.5. The Balaban J connectivity index is 4.35. The third-order valence-corrected chi connectivity index (χ3v) is 3.72. The normalized spacial score (nSPS) is 13.8. The molecule has 29 heavy (non-hydrogen) atoms. The van der Waals surface area contributed by atoms with E-state index in [0.29, 0.717) is 0 Å². The van der Waals surface area contributed by atoms with Gasteiger partial charge in [0.05, 0.1) is 39.6 Å². The number of ether oxygens (including phenoxy) is 3. The predicted molar refractivity (Wildman–Crippen MR) is 76.1 cm³/mol. The molecular formula is C12H18F9O7P. The number of hydrogen-bond acceptors (Lipinski definition) is 7. The van der Waals surface area contributed by atoms with E-state index < -0.39 is 85.8 Å². The summed E-state index contributed by atoms with van der Waals surface area (Å²) in [7, 11) is -4.55. The number of rotatable bonds is 15. The van der Waals surface area contributed by atoms with Gasteiger partial charge in [-0.15, -0.1) is 0 Å². The minimum Gasteiger partial charge on any atom is -0.370 e. The molecule has 0 heterocycles. The summed E-state index contributed by atoms with van der Waals surface area (Å²) < 4.78 is 146. The molecule has 0 aliphatic rings. The second-order valence-corrected chi connectivity index (χ2v) is 6.62. The maximum atomic E-state index is 12.2. The monoisotopic (exact) mass is 476 g/mol. The van der Waals surface area contributed by atoms with Gasteiger partial charge in [-0.25, -0.2) is 4.57 Å². The van der Waals surface area contributed by atoms with Crippen LogP contribution in [0.25, 0.3) is 0 Å². The van der Waals surface area contributed by atoms with Crippen LogP contribution in [-0.4, -0.2) is 78.0 Å². The van der Waals surface area contributed by atoms with Gasteiger partial charge >= 0.3 is 26.4 Å². The van der Waals surface area contributed by atoms with Gasteiger partial charge in [0.15, 0.2) is 0 Å².